The zero-order valence-corrected chi connectivity index (χ0v) is 7.71. The summed E-state index contributed by atoms with van der Waals surface area (Å²) in [6.45, 7) is 2.50. The summed E-state index contributed by atoms with van der Waals surface area (Å²) in [6, 6.07) is 0. The normalized spacial score (nSPS) is 9.31. The Morgan fingerprint density at radius 1 is 1.38 bits per heavy atom. The molecular weight excluding hydrogens is 174 g/mol. The molecule has 0 bridgehead atoms. The van der Waals surface area contributed by atoms with Gasteiger partial charge in [-0.3, -0.25) is 4.79 Å². The van der Waals surface area contributed by atoms with Gasteiger partial charge >= 0.3 is 12.1 Å². The Morgan fingerprint density at radius 3 is 2.62 bits per heavy atom. The standard InChI is InChI=1S/C8H15NO4/c1-2-7(10)13-6-4-3-5-9-8(11)12/h9H,2-6H2,1H3,(H,11,12). The number of unbranched alkanes of at least 4 members (excludes halogenated alkanes) is 1. The molecule has 0 rings (SSSR count). The topological polar surface area (TPSA) is 75.6 Å². The molecule has 1 amide bonds. The van der Waals surface area contributed by atoms with Gasteiger partial charge in [-0.05, 0) is 12.8 Å². The van der Waals surface area contributed by atoms with Crippen molar-refractivity contribution in [2.24, 2.45) is 0 Å². The van der Waals surface area contributed by atoms with E-state index in [0.717, 1.165) is 0 Å². The predicted molar refractivity (Wildman–Crippen MR) is 46.5 cm³/mol. The number of rotatable bonds is 6. The van der Waals surface area contributed by atoms with E-state index in [1.807, 2.05) is 0 Å². The first-order valence-corrected chi connectivity index (χ1v) is 4.29. The van der Waals surface area contributed by atoms with Crippen LogP contribution in [0.15, 0.2) is 0 Å². The summed E-state index contributed by atoms with van der Waals surface area (Å²) >= 11 is 0. The first-order chi connectivity index (χ1) is 6.16. The summed E-state index contributed by atoms with van der Waals surface area (Å²) in [5.74, 6) is -0.216. The maximum atomic E-state index is 10.6. The second kappa shape index (κ2) is 7.39. The van der Waals surface area contributed by atoms with Gasteiger partial charge in [0.25, 0.3) is 0 Å². The summed E-state index contributed by atoms with van der Waals surface area (Å²) in [5, 5.41) is 10.4. The minimum atomic E-state index is -1.02. The van der Waals surface area contributed by atoms with Gasteiger partial charge in [0.2, 0.25) is 0 Å². The summed E-state index contributed by atoms with van der Waals surface area (Å²) < 4.78 is 4.78. The van der Waals surface area contributed by atoms with E-state index in [0.29, 0.717) is 32.4 Å². The SMILES string of the molecule is CCC(=O)OCCCCNC(=O)O. The van der Waals surface area contributed by atoms with Crippen molar-refractivity contribution in [1.82, 2.24) is 5.32 Å². The summed E-state index contributed by atoms with van der Waals surface area (Å²) in [4.78, 5) is 20.6. The molecule has 0 saturated heterocycles. The van der Waals surface area contributed by atoms with E-state index in [4.69, 9.17) is 9.84 Å². The number of carbonyl (C=O) groups is 2. The molecule has 0 radical (unpaired) electrons. The molecule has 0 aliphatic rings. The lowest BCUT2D eigenvalue weighted by atomic mass is 10.3. The lowest BCUT2D eigenvalue weighted by molar-refractivity contribution is -0.143. The van der Waals surface area contributed by atoms with Crippen molar-refractivity contribution in [3.05, 3.63) is 0 Å². The minimum absolute atomic E-state index is 0.216. The fourth-order valence-electron chi connectivity index (χ4n) is 0.710. The number of nitrogens with one attached hydrogen (secondary N) is 1. The molecule has 0 aliphatic carbocycles. The van der Waals surface area contributed by atoms with Gasteiger partial charge in [-0.15, -0.1) is 0 Å². The van der Waals surface area contributed by atoms with E-state index >= 15 is 0 Å². The summed E-state index contributed by atoms with van der Waals surface area (Å²) in [6.07, 6.45) is 0.730. The fourth-order valence-corrected chi connectivity index (χ4v) is 0.710. The number of carboxylic acid groups (broad SMARTS) is 1. The highest BCUT2D eigenvalue weighted by Gasteiger charge is 1.97. The van der Waals surface area contributed by atoms with Gasteiger partial charge in [-0.25, -0.2) is 4.79 Å². The smallest absolute Gasteiger partial charge is 0.404 e. The molecular formula is C8H15NO4. The molecule has 5 nitrogen and oxygen atoms in total. The van der Waals surface area contributed by atoms with Crippen molar-refractivity contribution in [2.45, 2.75) is 26.2 Å². The van der Waals surface area contributed by atoms with Crippen LogP contribution in [0.3, 0.4) is 0 Å². The first-order valence-electron chi connectivity index (χ1n) is 4.29. The van der Waals surface area contributed by atoms with Crippen molar-refractivity contribution in [3.63, 3.8) is 0 Å². The van der Waals surface area contributed by atoms with Crippen LogP contribution in [0.25, 0.3) is 0 Å². The molecule has 0 aliphatic heterocycles. The van der Waals surface area contributed by atoms with E-state index < -0.39 is 6.09 Å². The molecule has 0 spiro atoms. The molecule has 76 valence electrons. The second-order valence-electron chi connectivity index (χ2n) is 2.51. The van der Waals surface area contributed by atoms with E-state index in [-0.39, 0.29) is 5.97 Å². The van der Waals surface area contributed by atoms with Gasteiger partial charge in [-0.1, -0.05) is 6.92 Å². The highest BCUT2D eigenvalue weighted by Crippen LogP contribution is 1.91. The van der Waals surface area contributed by atoms with Crippen LogP contribution in [-0.4, -0.2) is 30.3 Å². The second-order valence-corrected chi connectivity index (χ2v) is 2.51. The predicted octanol–water partition coefficient (Wildman–Crippen LogP) is 0.987. The van der Waals surface area contributed by atoms with Crippen LogP contribution in [-0.2, 0) is 9.53 Å². The van der Waals surface area contributed by atoms with Crippen molar-refractivity contribution < 1.29 is 19.4 Å². The van der Waals surface area contributed by atoms with Gasteiger partial charge in [0.15, 0.2) is 0 Å². The third-order valence-corrected chi connectivity index (χ3v) is 1.40. The fraction of sp³-hybridized carbons (Fsp3) is 0.750. The van der Waals surface area contributed by atoms with Gasteiger partial charge in [0.1, 0.15) is 0 Å². The highest BCUT2D eigenvalue weighted by molar-refractivity contribution is 5.68. The average molecular weight is 189 g/mol. The zero-order valence-electron chi connectivity index (χ0n) is 7.71. The highest BCUT2D eigenvalue weighted by atomic mass is 16.5. The lowest BCUT2D eigenvalue weighted by Gasteiger charge is -2.02. The average Bonchev–Trinajstić information content (AvgIpc) is 2.10. The van der Waals surface area contributed by atoms with Gasteiger partial charge in [0.05, 0.1) is 6.61 Å². The third kappa shape index (κ3) is 8.65. The number of hydrogen-bond donors (Lipinski definition) is 2. The number of carbonyl (C=O) groups excluding carboxylic acids is 1. The molecule has 0 atom stereocenters. The van der Waals surface area contributed by atoms with Crippen LogP contribution in [0, 0.1) is 0 Å². The Hall–Kier alpha value is -1.26. The van der Waals surface area contributed by atoms with Crippen LogP contribution in [0.2, 0.25) is 0 Å². The van der Waals surface area contributed by atoms with Crippen LogP contribution >= 0.6 is 0 Å². The summed E-state index contributed by atoms with van der Waals surface area (Å²) in [7, 11) is 0. The Morgan fingerprint density at radius 2 is 2.08 bits per heavy atom. The molecule has 13 heavy (non-hydrogen) atoms. The molecule has 0 saturated carbocycles. The Labute approximate surface area is 77.1 Å². The number of amides is 1. The van der Waals surface area contributed by atoms with Crippen molar-refractivity contribution in [2.75, 3.05) is 13.2 Å². The zero-order chi connectivity index (χ0) is 10.1. The minimum Gasteiger partial charge on any atom is -0.466 e. The van der Waals surface area contributed by atoms with Gasteiger partial charge in [0, 0.05) is 13.0 Å². The molecule has 2 N–H and O–H groups in total. The monoisotopic (exact) mass is 189 g/mol. The molecule has 5 heteroatoms. The maximum absolute atomic E-state index is 10.6. The van der Waals surface area contributed by atoms with E-state index in [1.165, 1.54) is 0 Å². The van der Waals surface area contributed by atoms with E-state index in [2.05, 4.69) is 5.32 Å². The van der Waals surface area contributed by atoms with Crippen molar-refractivity contribution in [1.29, 1.82) is 0 Å². The molecule has 0 aromatic carbocycles. The third-order valence-electron chi connectivity index (χ3n) is 1.40. The molecule has 0 aromatic heterocycles. The first kappa shape index (κ1) is 11.7. The van der Waals surface area contributed by atoms with Crippen LogP contribution < -0.4 is 5.32 Å². The van der Waals surface area contributed by atoms with Crippen molar-refractivity contribution in [3.8, 4) is 0 Å². The van der Waals surface area contributed by atoms with Crippen molar-refractivity contribution >= 4 is 12.1 Å². The quantitative estimate of drug-likeness (QED) is 0.482. The Balaban J connectivity index is 3.08. The van der Waals surface area contributed by atoms with Gasteiger partial charge in [-0.2, -0.15) is 0 Å². The van der Waals surface area contributed by atoms with Crippen LogP contribution in [0.1, 0.15) is 26.2 Å². The lowest BCUT2D eigenvalue weighted by Crippen LogP contribution is -2.22. The number of ether oxygens (including phenoxy) is 1. The molecule has 0 aromatic rings. The molecule has 0 fully saturated rings. The van der Waals surface area contributed by atoms with E-state index in [1.54, 1.807) is 6.92 Å². The Bertz CT molecular complexity index is 170. The Kier molecular flexibility index (Phi) is 6.68. The maximum Gasteiger partial charge on any atom is 0.404 e. The molecule has 0 unspecified atom stereocenters. The largest absolute Gasteiger partial charge is 0.466 e. The van der Waals surface area contributed by atoms with Crippen LogP contribution in [0.4, 0.5) is 4.79 Å². The molecule has 0 heterocycles. The number of hydrogen-bond acceptors (Lipinski definition) is 3. The summed E-state index contributed by atoms with van der Waals surface area (Å²) in [5.41, 5.74) is 0. The van der Waals surface area contributed by atoms with Crippen LogP contribution in [0.5, 0.6) is 0 Å². The van der Waals surface area contributed by atoms with Gasteiger partial charge < -0.3 is 15.2 Å². The number of esters is 1. The van der Waals surface area contributed by atoms with E-state index in [9.17, 15) is 9.59 Å².